The van der Waals surface area contributed by atoms with Crippen molar-refractivity contribution in [3.63, 3.8) is 0 Å². The molecule has 0 aromatic heterocycles. The van der Waals surface area contributed by atoms with Crippen molar-refractivity contribution in [2.24, 2.45) is 0 Å². The second-order valence-electron chi connectivity index (χ2n) is 8.41. The van der Waals surface area contributed by atoms with Crippen LogP contribution in [0.3, 0.4) is 0 Å². The molecule has 0 radical (unpaired) electrons. The number of hydrogen-bond donors (Lipinski definition) is 0. The summed E-state index contributed by atoms with van der Waals surface area (Å²) < 4.78 is 40.1. The topological polar surface area (TPSA) is 59.1 Å². The van der Waals surface area contributed by atoms with Gasteiger partial charge in [0, 0.05) is 6.04 Å². The molecule has 6 nitrogen and oxygen atoms in total. The van der Waals surface area contributed by atoms with Crippen LogP contribution in [0.1, 0.15) is 39.7 Å². The quantitative estimate of drug-likeness (QED) is 0.757. The number of likely N-dealkylation sites (tertiary alicyclic amines) is 2. The molecule has 1 aromatic carbocycles. The van der Waals surface area contributed by atoms with Crippen LogP contribution in [-0.4, -0.2) is 58.2 Å². The number of halogens is 2. The summed E-state index contributed by atoms with van der Waals surface area (Å²) in [6, 6.07) is 6.33. The molecule has 1 unspecified atom stereocenters. The van der Waals surface area contributed by atoms with E-state index in [2.05, 4.69) is 0 Å². The smallest absolute Gasteiger partial charge is 0.410 e. The van der Waals surface area contributed by atoms with Gasteiger partial charge in [0.05, 0.1) is 12.6 Å². The number of rotatable bonds is 2. The van der Waals surface area contributed by atoms with Crippen LogP contribution in [-0.2, 0) is 16.1 Å². The molecule has 2 amide bonds. The third-order valence-electron chi connectivity index (χ3n) is 4.98. The van der Waals surface area contributed by atoms with Crippen LogP contribution in [0.25, 0.3) is 0 Å². The van der Waals surface area contributed by atoms with Crippen LogP contribution in [0.4, 0.5) is 18.4 Å². The number of nitrogens with zero attached hydrogens (tertiary/aromatic N) is 2. The van der Waals surface area contributed by atoms with E-state index in [1.165, 1.54) is 0 Å². The fraction of sp³-hybridized carbons (Fsp3) is 0.600. The van der Waals surface area contributed by atoms with Crippen LogP contribution in [0.15, 0.2) is 30.3 Å². The number of carbonyl (C=O) groups is 2. The lowest BCUT2D eigenvalue weighted by Gasteiger charge is -2.30. The van der Waals surface area contributed by atoms with Gasteiger partial charge in [-0.2, -0.15) is 0 Å². The van der Waals surface area contributed by atoms with Gasteiger partial charge in [-0.1, -0.05) is 30.3 Å². The molecule has 0 bridgehead atoms. The summed E-state index contributed by atoms with van der Waals surface area (Å²) in [7, 11) is 0. The SMILES string of the molecule is CC1C[C@H]2[C@@H](N1C(=O)OCc1ccccc1)C(F)(F)CN2C(=O)OC(C)(C)C. The first-order valence-corrected chi connectivity index (χ1v) is 9.36. The van der Waals surface area contributed by atoms with Crippen LogP contribution >= 0.6 is 0 Å². The summed E-state index contributed by atoms with van der Waals surface area (Å²) >= 11 is 0. The van der Waals surface area contributed by atoms with E-state index in [4.69, 9.17) is 9.47 Å². The van der Waals surface area contributed by atoms with Gasteiger partial charge in [-0.15, -0.1) is 0 Å². The molecule has 2 saturated heterocycles. The molecule has 2 fully saturated rings. The summed E-state index contributed by atoms with van der Waals surface area (Å²) in [6.45, 7) is 5.96. The molecule has 28 heavy (non-hydrogen) atoms. The van der Waals surface area contributed by atoms with Crippen molar-refractivity contribution in [1.82, 2.24) is 9.80 Å². The molecule has 0 spiro atoms. The van der Waals surface area contributed by atoms with Crippen LogP contribution in [0, 0.1) is 0 Å². The molecule has 0 aliphatic carbocycles. The maximum absolute atomic E-state index is 14.8. The Balaban J connectivity index is 1.74. The van der Waals surface area contributed by atoms with Crippen molar-refractivity contribution >= 4 is 12.2 Å². The average Bonchev–Trinajstić information content (AvgIpc) is 3.06. The van der Waals surface area contributed by atoms with E-state index in [9.17, 15) is 18.4 Å². The second-order valence-corrected chi connectivity index (χ2v) is 8.41. The number of fused-ring (bicyclic) bond motifs is 1. The monoisotopic (exact) mass is 396 g/mol. The van der Waals surface area contributed by atoms with Gasteiger partial charge in [0.15, 0.2) is 0 Å². The predicted octanol–water partition coefficient (Wildman–Crippen LogP) is 4.04. The number of benzene rings is 1. The average molecular weight is 396 g/mol. The Morgan fingerprint density at radius 2 is 1.82 bits per heavy atom. The van der Waals surface area contributed by atoms with Gasteiger partial charge >= 0.3 is 12.2 Å². The van der Waals surface area contributed by atoms with Gasteiger partial charge in [-0.05, 0) is 39.7 Å². The minimum atomic E-state index is -3.24. The Morgan fingerprint density at radius 1 is 1.18 bits per heavy atom. The fourth-order valence-electron chi connectivity index (χ4n) is 3.88. The van der Waals surface area contributed by atoms with E-state index in [1.54, 1.807) is 39.8 Å². The normalized spacial score (nSPS) is 26.1. The van der Waals surface area contributed by atoms with E-state index in [-0.39, 0.29) is 13.0 Å². The zero-order valence-corrected chi connectivity index (χ0v) is 16.5. The van der Waals surface area contributed by atoms with Gasteiger partial charge in [0.2, 0.25) is 0 Å². The van der Waals surface area contributed by atoms with Crippen LogP contribution < -0.4 is 0 Å². The first kappa shape index (κ1) is 20.4. The first-order chi connectivity index (χ1) is 13.0. The van der Waals surface area contributed by atoms with Crippen LogP contribution in [0.2, 0.25) is 0 Å². The zero-order chi connectivity index (χ0) is 20.7. The van der Waals surface area contributed by atoms with Gasteiger partial charge in [0.1, 0.15) is 18.2 Å². The molecule has 0 N–H and O–H groups in total. The molecule has 2 aliphatic heterocycles. The van der Waals surface area contributed by atoms with Crippen molar-refractivity contribution < 1.29 is 27.8 Å². The van der Waals surface area contributed by atoms with Gasteiger partial charge in [0.25, 0.3) is 5.92 Å². The Bertz CT molecular complexity index is 735. The summed E-state index contributed by atoms with van der Waals surface area (Å²) in [5.74, 6) is -3.24. The number of hydrogen-bond acceptors (Lipinski definition) is 4. The lowest BCUT2D eigenvalue weighted by atomic mass is 10.1. The third-order valence-corrected chi connectivity index (χ3v) is 4.98. The minimum absolute atomic E-state index is 0.00162. The Labute approximate surface area is 163 Å². The zero-order valence-electron chi connectivity index (χ0n) is 16.5. The molecule has 3 rings (SSSR count). The summed E-state index contributed by atoms with van der Waals surface area (Å²) in [5.41, 5.74) is -0.0176. The highest BCUT2D eigenvalue weighted by atomic mass is 19.3. The number of alkyl halides is 2. The molecule has 3 atom stereocenters. The van der Waals surface area contributed by atoms with Crippen molar-refractivity contribution in [2.45, 2.75) is 70.4 Å². The van der Waals surface area contributed by atoms with E-state index in [0.717, 1.165) is 15.4 Å². The highest BCUT2D eigenvalue weighted by Crippen LogP contribution is 2.44. The van der Waals surface area contributed by atoms with Gasteiger partial charge in [-0.25, -0.2) is 18.4 Å². The molecular formula is C20H26F2N2O4. The minimum Gasteiger partial charge on any atom is -0.445 e. The Morgan fingerprint density at radius 3 is 2.43 bits per heavy atom. The highest BCUT2D eigenvalue weighted by molar-refractivity contribution is 5.72. The third kappa shape index (κ3) is 4.05. The van der Waals surface area contributed by atoms with Crippen molar-refractivity contribution in [3.8, 4) is 0 Å². The molecule has 0 saturated carbocycles. The largest absolute Gasteiger partial charge is 0.445 e. The van der Waals surface area contributed by atoms with Crippen molar-refractivity contribution in [3.05, 3.63) is 35.9 Å². The number of amides is 2. The Hall–Kier alpha value is -2.38. The molecule has 2 aliphatic rings. The molecular weight excluding hydrogens is 370 g/mol. The standard InChI is InChI=1S/C20H26F2N2O4/c1-13-10-15-16(20(21,22)12-23(15)17(25)28-19(2,3)4)24(13)18(26)27-11-14-8-6-5-7-9-14/h5-9,13,15-16H,10-12H2,1-4H3/t13?,15-,16+/m0/s1. The Kier molecular flexibility index (Phi) is 5.25. The van der Waals surface area contributed by atoms with Crippen molar-refractivity contribution in [2.75, 3.05) is 6.54 Å². The number of ether oxygens (including phenoxy) is 2. The maximum atomic E-state index is 14.8. The van der Waals surface area contributed by atoms with Gasteiger partial charge in [-0.3, -0.25) is 9.80 Å². The second kappa shape index (κ2) is 7.22. The van der Waals surface area contributed by atoms with Crippen molar-refractivity contribution in [1.29, 1.82) is 0 Å². The van der Waals surface area contributed by atoms with Gasteiger partial charge < -0.3 is 9.47 Å². The van der Waals surface area contributed by atoms with E-state index >= 15 is 0 Å². The maximum Gasteiger partial charge on any atom is 0.410 e. The summed E-state index contributed by atoms with van der Waals surface area (Å²) in [6.07, 6.45) is -1.33. The van der Waals surface area contributed by atoms with E-state index in [0.29, 0.717) is 0 Å². The summed E-state index contributed by atoms with van der Waals surface area (Å²) in [4.78, 5) is 27.2. The van der Waals surface area contributed by atoms with E-state index < -0.39 is 48.4 Å². The molecule has 2 heterocycles. The first-order valence-electron chi connectivity index (χ1n) is 9.36. The lowest BCUT2D eigenvalue weighted by Crippen LogP contribution is -2.50. The number of carbonyl (C=O) groups excluding carboxylic acids is 2. The lowest BCUT2D eigenvalue weighted by molar-refractivity contribution is -0.0506. The highest BCUT2D eigenvalue weighted by Gasteiger charge is 2.64. The fourth-order valence-corrected chi connectivity index (χ4v) is 3.88. The molecule has 1 aromatic rings. The summed E-state index contributed by atoms with van der Waals surface area (Å²) in [5, 5.41) is 0. The predicted molar refractivity (Wildman–Crippen MR) is 98.0 cm³/mol. The van der Waals surface area contributed by atoms with Crippen LogP contribution in [0.5, 0.6) is 0 Å². The van der Waals surface area contributed by atoms with E-state index in [1.807, 2.05) is 18.2 Å². The molecule has 8 heteroatoms. The molecule has 154 valence electrons.